The first-order valence-electron chi connectivity index (χ1n) is 10.6. The topological polar surface area (TPSA) is 66.5 Å². The number of benzene rings is 3. The van der Waals surface area contributed by atoms with E-state index in [-0.39, 0.29) is 18.2 Å². The van der Waals surface area contributed by atoms with Crippen molar-refractivity contribution in [2.75, 3.05) is 14.2 Å². The van der Waals surface area contributed by atoms with Crippen LogP contribution in [0.1, 0.15) is 34.6 Å². The lowest BCUT2D eigenvalue weighted by Gasteiger charge is -2.18. The summed E-state index contributed by atoms with van der Waals surface area (Å²) in [4.78, 5) is 12.1. The maximum atomic E-state index is 12.1. The van der Waals surface area contributed by atoms with E-state index in [2.05, 4.69) is 54.1 Å². The molecule has 5 nitrogen and oxygen atoms in total. The quantitative estimate of drug-likeness (QED) is 0.428. The molecule has 0 aliphatic carbocycles. The van der Waals surface area contributed by atoms with E-state index in [1.807, 2.05) is 30.3 Å². The Morgan fingerprint density at radius 2 is 1.69 bits per heavy atom. The summed E-state index contributed by atoms with van der Waals surface area (Å²) < 4.78 is 13.1. The highest BCUT2D eigenvalue weighted by atomic mass is 16.5. The lowest BCUT2D eigenvalue weighted by molar-refractivity contribution is -0.118. The summed E-state index contributed by atoms with van der Waals surface area (Å²) in [6.07, 6.45) is 2.35. The molecule has 3 aromatic carbocycles. The Bertz CT molecular complexity index is 1240. The van der Waals surface area contributed by atoms with Gasteiger partial charge in [0.15, 0.2) is 11.5 Å². The average Bonchev–Trinajstić information content (AvgIpc) is 3.16. The van der Waals surface area contributed by atoms with Gasteiger partial charge in [-0.2, -0.15) is 0 Å². The number of ether oxygens (including phenoxy) is 2. The molecule has 0 fully saturated rings. The van der Waals surface area contributed by atoms with Gasteiger partial charge in [-0.25, -0.2) is 0 Å². The van der Waals surface area contributed by atoms with Crippen molar-refractivity contribution < 1.29 is 14.3 Å². The van der Waals surface area contributed by atoms with Crippen LogP contribution in [-0.4, -0.2) is 24.7 Å². The summed E-state index contributed by atoms with van der Waals surface area (Å²) in [5.74, 6) is 0.732. The molecule has 5 heteroatoms. The fourth-order valence-electron chi connectivity index (χ4n) is 4.25. The Morgan fingerprint density at radius 3 is 2.38 bits per heavy atom. The van der Waals surface area contributed by atoms with Crippen molar-refractivity contribution in [1.29, 1.82) is 0 Å². The molecule has 0 aliphatic heterocycles. The van der Waals surface area contributed by atoms with E-state index >= 15 is 0 Å². The summed E-state index contributed by atoms with van der Waals surface area (Å²) >= 11 is 0. The van der Waals surface area contributed by atoms with Gasteiger partial charge in [0.2, 0.25) is 5.91 Å². The highest BCUT2D eigenvalue weighted by molar-refractivity contribution is 5.86. The van der Waals surface area contributed by atoms with Crippen LogP contribution < -0.4 is 15.2 Å². The molecular weight excluding hydrogens is 400 g/mol. The Labute approximate surface area is 188 Å². The van der Waals surface area contributed by atoms with E-state index in [9.17, 15) is 4.79 Å². The van der Waals surface area contributed by atoms with Crippen molar-refractivity contribution in [2.24, 2.45) is 5.73 Å². The average molecular weight is 429 g/mol. The van der Waals surface area contributed by atoms with Gasteiger partial charge in [0.05, 0.1) is 14.2 Å². The van der Waals surface area contributed by atoms with Crippen molar-refractivity contribution in [2.45, 2.75) is 25.8 Å². The van der Waals surface area contributed by atoms with Gasteiger partial charge in [-0.15, -0.1) is 0 Å². The van der Waals surface area contributed by atoms with Crippen LogP contribution in [0.4, 0.5) is 0 Å². The van der Waals surface area contributed by atoms with Gasteiger partial charge < -0.3 is 19.8 Å². The van der Waals surface area contributed by atoms with E-state index in [1.54, 1.807) is 14.2 Å². The molecule has 1 atom stereocenters. The molecular formula is C27H28N2O3. The first kappa shape index (κ1) is 21.5. The zero-order chi connectivity index (χ0) is 22.7. The molecule has 4 aromatic rings. The molecule has 0 saturated carbocycles. The van der Waals surface area contributed by atoms with Crippen LogP contribution in [0, 0.1) is 6.92 Å². The van der Waals surface area contributed by atoms with Crippen molar-refractivity contribution in [3.05, 3.63) is 95.2 Å². The molecule has 0 radical (unpaired) electrons. The standard InChI is InChI=1S/C27H28N2O3/c1-18-8-10-19(11-9-18)16-29-17-23(21-6-4-5-7-24(21)29)22(15-27(28)30)20-12-13-25(31-2)26(14-20)32-3/h4-14,17,22H,15-16H2,1-3H3,(H2,28,30)/t22-/m1/s1. The van der Waals surface area contributed by atoms with E-state index in [1.165, 1.54) is 11.1 Å². The summed E-state index contributed by atoms with van der Waals surface area (Å²) in [5.41, 5.74) is 11.3. The molecule has 4 rings (SSSR count). The zero-order valence-corrected chi connectivity index (χ0v) is 18.7. The lowest BCUT2D eigenvalue weighted by Crippen LogP contribution is -2.16. The second kappa shape index (κ2) is 9.18. The van der Waals surface area contributed by atoms with Crippen LogP contribution >= 0.6 is 0 Å². The number of aryl methyl sites for hydroxylation is 1. The molecule has 1 aromatic heterocycles. The van der Waals surface area contributed by atoms with E-state index in [0.29, 0.717) is 11.5 Å². The number of carbonyl (C=O) groups is 1. The molecule has 0 bridgehead atoms. The summed E-state index contributed by atoms with van der Waals surface area (Å²) in [6, 6.07) is 22.6. The van der Waals surface area contributed by atoms with Crippen LogP contribution in [-0.2, 0) is 11.3 Å². The first-order valence-corrected chi connectivity index (χ1v) is 10.6. The molecule has 1 heterocycles. The van der Waals surface area contributed by atoms with Crippen LogP contribution in [0.25, 0.3) is 10.9 Å². The van der Waals surface area contributed by atoms with Gasteiger partial charge in [-0.3, -0.25) is 4.79 Å². The summed E-state index contributed by atoms with van der Waals surface area (Å²) in [5, 5.41) is 1.11. The molecule has 2 N–H and O–H groups in total. The minimum atomic E-state index is -0.347. The maximum Gasteiger partial charge on any atom is 0.218 e. The number of hydrogen-bond donors (Lipinski definition) is 1. The van der Waals surface area contributed by atoms with Crippen molar-refractivity contribution in [3.63, 3.8) is 0 Å². The third-order valence-electron chi connectivity index (χ3n) is 5.88. The van der Waals surface area contributed by atoms with Gasteiger partial charge >= 0.3 is 0 Å². The van der Waals surface area contributed by atoms with Crippen LogP contribution in [0.3, 0.4) is 0 Å². The molecule has 1 amide bonds. The lowest BCUT2D eigenvalue weighted by atomic mass is 9.88. The number of methoxy groups -OCH3 is 2. The number of para-hydroxylation sites is 1. The molecule has 0 saturated heterocycles. The first-order chi connectivity index (χ1) is 15.5. The van der Waals surface area contributed by atoms with Crippen LogP contribution in [0.2, 0.25) is 0 Å². The van der Waals surface area contributed by atoms with Gasteiger partial charge in [0, 0.05) is 36.0 Å². The Morgan fingerprint density at radius 1 is 0.969 bits per heavy atom. The van der Waals surface area contributed by atoms with E-state index in [4.69, 9.17) is 15.2 Å². The van der Waals surface area contributed by atoms with E-state index < -0.39 is 0 Å². The molecule has 0 aliphatic rings. The highest BCUT2D eigenvalue weighted by Crippen LogP contribution is 2.38. The number of primary amides is 1. The minimum absolute atomic E-state index is 0.198. The van der Waals surface area contributed by atoms with E-state index in [0.717, 1.165) is 28.6 Å². The molecule has 164 valence electrons. The van der Waals surface area contributed by atoms with Gasteiger partial charge in [-0.1, -0.05) is 54.1 Å². The predicted molar refractivity (Wildman–Crippen MR) is 127 cm³/mol. The van der Waals surface area contributed by atoms with Crippen LogP contribution in [0.15, 0.2) is 72.9 Å². The second-order valence-electron chi connectivity index (χ2n) is 8.05. The Hall–Kier alpha value is -3.73. The smallest absolute Gasteiger partial charge is 0.218 e. The molecule has 32 heavy (non-hydrogen) atoms. The monoisotopic (exact) mass is 428 g/mol. The van der Waals surface area contributed by atoms with Gasteiger partial charge in [0.1, 0.15) is 0 Å². The number of aromatic nitrogens is 1. The van der Waals surface area contributed by atoms with Crippen molar-refractivity contribution in [3.8, 4) is 11.5 Å². The summed E-state index contributed by atoms with van der Waals surface area (Å²) in [6.45, 7) is 2.83. The van der Waals surface area contributed by atoms with Gasteiger partial charge in [-0.05, 0) is 41.8 Å². The van der Waals surface area contributed by atoms with Crippen molar-refractivity contribution in [1.82, 2.24) is 4.57 Å². The number of nitrogens with two attached hydrogens (primary N) is 1. The van der Waals surface area contributed by atoms with Crippen molar-refractivity contribution >= 4 is 16.8 Å². The number of amides is 1. The predicted octanol–water partition coefficient (Wildman–Crippen LogP) is 5.02. The van der Waals surface area contributed by atoms with Crippen LogP contribution in [0.5, 0.6) is 11.5 Å². The SMILES string of the molecule is COc1ccc([C@@H](CC(N)=O)c2cn(Cc3ccc(C)cc3)c3ccccc23)cc1OC. The molecule has 0 spiro atoms. The Balaban J connectivity index is 1.83. The maximum absolute atomic E-state index is 12.1. The zero-order valence-electron chi connectivity index (χ0n) is 18.7. The van der Waals surface area contributed by atoms with Gasteiger partial charge in [0.25, 0.3) is 0 Å². The minimum Gasteiger partial charge on any atom is -0.493 e. The highest BCUT2D eigenvalue weighted by Gasteiger charge is 2.23. The number of nitrogens with zero attached hydrogens (tertiary/aromatic N) is 1. The normalized spacial score (nSPS) is 12.0. The third kappa shape index (κ3) is 4.33. The largest absolute Gasteiger partial charge is 0.493 e. The molecule has 0 unspecified atom stereocenters. The second-order valence-corrected chi connectivity index (χ2v) is 8.05. The number of hydrogen-bond acceptors (Lipinski definition) is 3. The number of fused-ring (bicyclic) bond motifs is 1. The summed E-state index contributed by atoms with van der Waals surface area (Å²) in [7, 11) is 3.22. The fraction of sp³-hybridized carbons (Fsp3) is 0.222. The third-order valence-corrected chi connectivity index (χ3v) is 5.88. The number of carbonyl (C=O) groups excluding carboxylic acids is 1. The fourth-order valence-corrected chi connectivity index (χ4v) is 4.25. The Kier molecular flexibility index (Phi) is 6.17. The number of rotatable bonds is 8.